The van der Waals surface area contributed by atoms with Gasteiger partial charge in [0.15, 0.2) is 5.69 Å². The van der Waals surface area contributed by atoms with Gasteiger partial charge in [-0.05, 0) is 37.9 Å². The SMILES string of the molecule is C#CC[C@H](NC(=O)[C@H](C)NC)C(=O)N1CCC[C@H]1c1nc(C(=O)NC(c2ccccc2)c2ccccc2)co1.Cl. The Balaban J connectivity index is 0.00000441. The van der Waals surface area contributed by atoms with Crippen molar-refractivity contribution in [2.45, 2.75) is 50.4 Å². The summed E-state index contributed by atoms with van der Waals surface area (Å²) < 4.78 is 5.72. The Hall–Kier alpha value is -4.13. The summed E-state index contributed by atoms with van der Waals surface area (Å²) in [4.78, 5) is 45.2. The molecule has 1 aliphatic rings. The first kappa shape index (κ1) is 30.4. The van der Waals surface area contributed by atoms with Crippen LogP contribution in [0.5, 0.6) is 0 Å². The molecule has 210 valence electrons. The fourth-order valence-corrected chi connectivity index (χ4v) is 4.63. The number of aromatic nitrogens is 1. The number of terminal acetylenes is 1. The van der Waals surface area contributed by atoms with Crippen LogP contribution >= 0.6 is 12.4 Å². The average Bonchev–Trinajstić information content (AvgIpc) is 3.66. The second kappa shape index (κ2) is 14.3. The number of amides is 3. The van der Waals surface area contributed by atoms with Crippen LogP contribution in [0.15, 0.2) is 71.3 Å². The molecule has 1 aliphatic heterocycles. The molecule has 40 heavy (non-hydrogen) atoms. The zero-order valence-corrected chi connectivity index (χ0v) is 23.3. The first-order valence-corrected chi connectivity index (χ1v) is 13.0. The van der Waals surface area contributed by atoms with Gasteiger partial charge in [-0.1, -0.05) is 60.7 Å². The van der Waals surface area contributed by atoms with Crippen molar-refractivity contribution in [1.82, 2.24) is 25.8 Å². The lowest BCUT2D eigenvalue weighted by atomic mass is 9.98. The average molecular weight is 564 g/mol. The van der Waals surface area contributed by atoms with E-state index in [4.69, 9.17) is 10.8 Å². The van der Waals surface area contributed by atoms with Gasteiger partial charge in [0, 0.05) is 13.0 Å². The van der Waals surface area contributed by atoms with E-state index in [2.05, 4.69) is 26.9 Å². The lowest BCUT2D eigenvalue weighted by Gasteiger charge is -2.27. The number of nitrogens with zero attached hydrogens (tertiary/aromatic N) is 2. The molecule has 9 nitrogen and oxygen atoms in total. The van der Waals surface area contributed by atoms with Crippen molar-refractivity contribution < 1.29 is 18.8 Å². The number of hydrogen-bond donors (Lipinski definition) is 3. The first-order valence-electron chi connectivity index (χ1n) is 13.0. The second-order valence-electron chi connectivity index (χ2n) is 9.47. The summed E-state index contributed by atoms with van der Waals surface area (Å²) in [5, 5.41) is 8.65. The number of likely N-dealkylation sites (tertiary alicyclic amines) is 1. The fourth-order valence-electron chi connectivity index (χ4n) is 4.63. The van der Waals surface area contributed by atoms with Crippen LogP contribution in [0.1, 0.15) is 65.8 Å². The van der Waals surface area contributed by atoms with Crippen LogP contribution in [0, 0.1) is 12.3 Å². The maximum Gasteiger partial charge on any atom is 0.273 e. The molecule has 0 aliphatic carbocycles. The van der Waals surface area contributed by atoms with Crippen LogP contribution in [0.3, 0.4) is 0 Å². The van der Waals surface area contributed by atoms with Crippen molar-refractivity contribution in [3.8, 4) is 12.3 Å². The van der Waals surface area contributed by atoms with E-state index >= 15 is 0 Å². The summed E-state index contributed by atoms with van der Waals surface area (Å²) >= 11 is 0. The highest BCUT2D eigenvalue weighted by Crippen LogP contribution is 2.32. The molecule has 3 atom stereocenters. The summed E-state index contributed by atoms with van der Waals surface area (Å²) in [6.07, 6.45) is 8.22. The highest BCUT2D eigenvalue weighted by atomic mass is 35.5. The monoisotopic (exact) mass is 563 g/mol. The van der Waals surface area contributed by atoms with Gasteiger partial charge in [0.2, 0.25) is 17.7 Å². The predicted octanol–water partition coefficient (Wildman–Crippen LogP) is 3.40. The van der Waals surface area contributed by atoms with Crippen molar-refractivity contribution in [1.29, 1.82) is 0 Å². The maximum absolute atomic E-state index is 13.4. The van der Waals surface area contributed by atoms with Crippen molar-refractivity contribution in [2.75, 3.05) is 13.6 Å². The van der Waals surface area contributed by atoms with Gasteiger partial charge < -0.3 is 25.3 Å². The van der Waals surface area contributed by atoms with E-state index in [0.29, 0.717) is 13.0 Å². The highest BCUT2D eigenvalue weighted by Gasteiger charge is 2.37. The molecule has 10 heteroatoms. The molecule has 2 heterocycles. The zero-order chi connectivity index (χ0) is 27.8. The van der Waals surface area contributed by atoms with Crippen LogP contribution in [0.2, 0.25) is 0 Å². The van der Waals surface area contributed by atoms with E-state index in [1.54, 1.807) is 18.9 Å². The molecule has 1 aromatic heterocycles. The number of likely N-dealkylation sites (N-methyl/N-ethyl adjacent to an activating group) is 1. The number of hydrogen-bond acceptors (Lipinski definition) is 6. The summed E-state index contributed by atoms with van der Waals surface area (Å²) in [7, 11) is 1.66. The Morgan fingerprint density at radius 3 is 2.27 bits per heavy atom. The van der Waals surface area contributed by atoms with Crippen LogP contribution in [0.25, 0.3) is 0 Å². The summed E-state index contributed by atoms with van der Waals surface area (Å²) in [6, 6.07) is 17.2. The van der Waals surface area contributed by atoms with Gasteiger partial charge in [-0.25, -0.2) is 4.98 Å². The Morgan fingerprint density at radius 2 is 1.70 bits per heavy atom. The van der Waals surface area contributed by atoms with Gasteiger partial charge in [-0.15, -0.1) is 24.8 Å². The number of nitrogens with one attached hydrogen (secondary N) is 3. The van der Waals surface area contributed by atoms with Gasteiger partial charge in [-0.3, -0.25) is 14.4 Å². The molecule has 4 rings (SSSR count). The van der Waals surface area contributed by atoms with E-state index in [1.807, 2.05) is 60.7 Å². The minimum absolute atomic E-state index is 0. The van der Waals surface area contributed by atoms with Gasteiger partial charge in [0.25, 0.3) is 5.91 Å². The Morgan fingerprint density at radius 1 is 1.07 bits per heavy atom. The summed E-state index contributed by atoms with van der Waals surface area (Å²) in [5.41, 5.74) is 1.99. The third kappa shape index (κ3) is 7.08. The van der Waals surface area contributed by atoms with Crippen molar-refractivity contribution in [3.05, 3.63) is 89.6 Å². The van der Waals surface area contributed by atoms with Gasteiger partial charge in [0.05, 0.1) is 12.1 Å². The molecular weight excluding hydrogens is 530 g/mol. The lowest BCUT2D eigenvalue weighted by Crippen LogP contribution is -2.52. The van der Waals surface area contributed by atoms with Gasteiger partial charge >= 0.3 is 0 Å². The molecule has 1 saturated heterocycles. The molecule has 0 unspecified atom stereocenters. The number of benzene rings is 2. The molecule has 3 amide bonds. The minimum Gasteiger partial charge on any atom is -0.446 e. The Labute approximate surface area is 240 Å². The van der Waals surface area contributed by atoms with Crippen LogP contribution in [-0.4, -0.2) is 53.3 Å². The number of carbonyl (C=O) groups excluding carboxylic acids is 3. The zero-order valence-electron chi connectivity index (χ0n) is 22.5. The van der Waals surface area contributed by atoms with Crippen LogP contribution in [0.4, 0.5) is 0 Å². The lowest BCUT2D eigenvalue weighted by molar-refractivity contribution is -0.137. The molecule has 1 fully saturated rings. The van der Waals surface area contributed by atoms with Crippen molar-refractivity contribution in [2.24, 2.45) is 0 Å². The molecule has 0 bridgehead atoms. The Kier molecular flexibility index (Phi) is 10.9. The number of carbonyl (C=O) groups is 3. The largest absolute Gasteiger partial charge is 0.446 e. The van der Waals surface area contributed by atoms with Crippen LogP contribution < -0.4 is 16.0 Å². The quantitative estimate of drug-likeness (QED) is 0.326. The number of halogens is 1. The normalized spacial score (nSPS) is 15.9. The third-order valence-corrected chi connectivity index (χ3v) is 6.88. The first-order chi connectivity index (χ1) is 18.9. The predicted molar refractivity (Wildman–Crippen MR) is 154 cm³/mol. The standard InChI is InChI=1S/C30H33N5O4.ClH/c1-4-12-23(32-27(36)20(2)31-3)30(38)35-18-11-17-25(35)29-33-24(19-39-29)28(37)34-26(21-13-7-5-8-14-21)22-15-9-6-10-16-22;/h1,5-10,13-16,19-20,23,25-26,31H,11-12,17-18H2,2-3H3,(H,32,36)(H,34,37);1H/t20-,23-,25-;/m0./s1. The van der Waals surface area contributed by atoms with Crippen LogP contribution in [-0.2, 0) is 9.59 Å². The second-order valence-corrected chi connectivity index (χ2v) is 9.47. The molecule has 2 aromatic carbocycles. The molecular formula is C30H34ClN5O4. The summed E-state index contributed by atoms with van der Waals surface area (Å²) in [5.74, 6) is 1.74. The highest BCUT2D eigenvalue weighted by molar-refractivity contribution is 5.92. The minimum atomic E-state index is -0.867. The molecule has 0 spiro atoms. The van der Waals surface area contributed by atoms with Gasteiger partial charge in [0.1, 0.15) is 18.3 Å². The Bertz CT molecular complexity index is 1290. The van der Waals surface area contributed by atoms with Crippen molar-refractivity contribution in [3.63, 3.8) is 0 Å². The fraction of sp³-hybridized carbons (Fsp3) is 0.333. The van der Waals surface area contributed by atoms with E-state index in [-0.39, 0.29) is 48.3 Å². The van der Waals surface area contributed by atoms with Gasteiger partial charge in [-0.2, -0.15) is 0 Å². The van der Waals surface area contributed by atoms with E-state index < -0.39 is 24.0 Å². The number of rotatable bonds is 10. The topological polar surface area (TPSA) is 117 Å². The van der Waals surface area contributed by atoms with E-state index in [1.165, 1.54) is 6.26 Å². The number of oxazole rings is 1. The third-order valence-electron chi connectivity index (χ3n) is 6.88. The smallest absolute Gasteiger partial charge is 0.273 e. The van der Waals surface area contributed by atoms with E-state index in [0.717, 1.165) is 17.5 Å². The molecule has 3 aromatic rings. The van der Waals surface area contributed by atoms with E-state index in [9.17, 15) is 14.4 Å². The van der Waals surface area contributed by atoms with Crippen molar-refractivity contribution >= 4 is 30.1 Å². The molecule has 0 radical (unpaired) electrons. The molecule has 0 saturated carbocycles. The maximum atomic E-state index is 13.4. The summed E-state index contributed by atoms with van der Waals surface area (Å²) in [6.45, 7) is 2.17. The molecule has 3 N–H and O–H groups in total.